The van der Waals surface area contributed by atoms with Crippen LogP contribution in [0.25, 0.3) is 0 Å². The molecular formula is C25H27N3O6S. The summed E-state index contributed by atoms with van der Waals surface area (Å²) in [7, 11) is -3.75. The number of hydrogen-bond donors (Lipinski definition) is 2. The first-order valence-electron chi connectivity index (χ1n) is 11.2. The van der Waals surface area contributed by atoms with Crippen molar-refractivity contribution < 1.29 is 27.2 Å². The van der Waals surface area contributed by atoms with Crippen LogP contribution in [-0.4, -0.2) is 56.9 Å². The largest absolute Gasteiger partial charge is 0.459 e. The van der Waals surface area contributed by atoms with Gasteiger partial charge in [-0.2, -0.15) is 4.31 Å². The molecule has 1 aromatic heterocycles. The fourth-order valence-electron chi connectivity index (χ4n) is 3.81. The van der Waals surface area contributed by atoms with Gasteiger partial charge < -0.3 is 19.8 Å². The number of benzene rings is 2. The molecule has 35 heavy (non-hydrogen) atoms. The van der Waals surface area contributed by atoms with Crippen LogP contribution in [-0.2, 0) is 26.0 Å². The molecule has 0 saturated carbocycles. The number of furan rings is 1. The number of carbonyl (C=O) groups excluding carboxylic acids is 2. The van der Waals surface area contributed by atoms with Crippen molar-refractivity contribution in [1.29, 1.82) is 0 Å². The van der Waals surface area contributed by atoms with Gasteiger partial charge in [-0.1, -0.05) is 36.4 Å². The van der Waals surface area contributed by atoms with E-state index in [4.69, 9.17) is 9.15 Å². The van der Waals surface area contributed by atoms with Gasteiger partial charge in [0.05, 0.1) is 24.4 Å². The van der Waals surface area contributed by atoms with Crippen molar-refractivity contribution in [3.05, 3.63) is 83.8 Å². The third kappa shape index (κ3) is 5.97. The Morgan fingerprint density at radius 3 is 2.46 bits per heavy atom. The van der Waals surface area contributed by atoms with Crippen LogP contribution in [0.2, 0.25) is 0 Å². The molecule has 0 radical (unpaired) electrons. The maximum Gasteiger partial charge on any atom is 0.287 e. The second kappa shape index (κ2) is 10.9. The van der Waals surface area contributed by atoms with E-state index >= 15 is 0 Å². The highest BCUT2D eigenvalue weighted by Crippen LogP contribution is 2.24. The molecule has 2 heterocycles. The molecular weight excluding hydrogens is 470 g/mol. The first-order chi connectivity index (χ1) is 16.8. The summed E-state index contributed by atoms with van der Waals surface area (Å²) in [4.78, 5) is 25.9. The number of amides is 2. The Morgan fingerprint density at radius 2 is 1.77 bits per heavy atom. The van der Waals surface area contributed by atoms with E-state index in [1.165, 1.54) is 22.7 Å². The summed E-state index contributed by atoms with van der Waals surface area (Å²) in [5.41, 5.74) is 1.74. The molecule has 9 nitrogen and oxygen atoms in total. The SMILES string of the molecule is Cc1ccc(NC(=O)[C@@H](Cc2ccccc2)NC(=O)c2ccco2)cc1S(=O)(=O)N1CCOCC1. The van der Waals surface area contributed by atoms with Crippen molar-refractivity contribution in [3.63, 3.8) is 0 Å². The zero-order valence-electron chi connectivity index (χ0n) is 19.3. The number of rotatable bonds is 8. The molecule has 1 fully saturated rings. The fraction of sp³-hybridized carbons (Fsp3) is 0.280. The molecule has 0 bridgehead atoms. The lowest BCUT2D eigenvalue weighted by Gasteiger charge is -2.27. The van der Waals surface area contributed by atoms with Crippen molar-refractivity contribution >= 4 is 27.5 Å². The van der Waals surface area contributed by atoms with Crippen molar-refractivity contribution in [2.24, 2.45) is 0 Å². The zero-order chi connectivity index (χ0) is 24.8. The van der Waals surface area contributed by atoms with Gasteiger partial charge in [0.1, 0.15) is 6.04 Å². The van der Waals surface area contributed by atoms with Crippen LogP contribution in [0.1, 0.15) is 21.7 Å². The Hall–Kier alpha value is -3.47. The first-order valence-corrected chi connectivity index (χ1v) is 12.7. The molecule has 3 aromatic rings. The van der Waals surface area contributed by atoms with Crippen LogP contribution in [0.15, 0.2) is 76.2 Å². The lowest BCUT2D eigenvalue weighted by atomic mass is 10.0. The average Bonchev–Trinajstić information content (AvgIpc) is 3.41. The number of ether oxygens (including phenoxy) is 1. The quantitative estimate of drug-likeness (QED) is 0.494. The minimum atomic E-state index is -3.75. The third-order valence-corrected chi connectivity index (χ3v) is 7.73. The monoisotopic (exact) mass is 497 g/mol. The first kappa shape index (κ1) is 24.6. The summed E-state index contributed by atoms with van der Waals surface area (Å²) in [6.45, 7) is 2.93. The van der Waals surface area contributed by atoms with E-state index in [9.17, 15) is 18.0 Å². The molecule has 0 aliphatic carbocycles. The second-order valence-electron chi connectivity index (χ2n) is 8.18. The van der Waals surface area contributed by atoms with Gasteiger partial charge in [0.15, 0.2) is 5.76 Å². The summed E-state index contributed by atoms with van der Waals surface area (Å²) in [6.07, 6.45) is 1.62. The lowest BCUT2D eigenvalue weighted by molar-refractivity contribution is -0.118. The number of carbonyl (C=O) groups is 2. The van der Waals surface area contributed by atoms with E-state index < -0.39 is 27.9 Å². The molecule has 0 spiro atoms. The Kier molecular flexibility index (Phi) is 7.64. The molecule has 184 valence electrons. The van der Waals surface area contributed by atoms with E-state index in [1.54, 1.807) is 25.1 Å². The van der Waals surface area contributed by atoms with Gasteiger partial charge in [-0.05, 0) is 42.3 Å². The third-order valence-electron chi connectivity index (χ3n) is 5.69. The van der Waals surface area contributed by atoms with Gasteiger partial charge in [-0.3, -0.25) is 9.59 Å². The number of nitrogens with zero attached hydrogens (tertiary/aromatic N) is 1. The van der Waals surface area contributed by atoms with Gasteiger partial charge in [-0.15, -0.1) is 0 Å². The topological polar surface area (TPSA) is 118 Å². The van der Waals surface area contributed by atoms with Gasteiger partial charge in [-0.25, -0.2) is 8.42 Å². The highest BCUT2D eigenvalue weighted by atomic mass is 32.2. The fourth-order valence-corrected chi connectivity index (χ4v) is 5.47. The van der Waals surface area contributed by atoms with Crippen LogP contribution in [0.3, 0.4) is 0 Å². The Bertz CT molecular complexity index is 1270. The zero-order valence-corrected chi connectivity index (χ0v) is 20.1. The summed E-state index contributed by atoms with van der Waals surface area (Å²) < 4.78 is 38.2. The number of sulfonamides is 1. The maximum atomic E-state index is 13.2. The average molecular weight is 498 g/mol. The maximum absolute atomic E-state index is 13.2. The lowest BCUT2D eigenvalue weighted by Crippen LogP contribution is -2.45. The predicted molar refractivity (Wildman–Crippen MR) is 129 cm³/mol. The van der Waals surface area contributed by atoms with Crippen LogP contribution in [0.4, 0.5) is 5.69 Å². The normalized spacial score (nSPS) is 15.3. The number of hydrogen-bond acceptors (Lipinski definition) is 6. The van der Waals surface area contributed by atoms with Gasteiger partial charge >= 0.3 is 0 Å². The summed E-state index contributed by atoms with van der Waals surface area (Å²) in [6, 6.07) is 16.2. The van der Waals surface area contributed by atoms with E-state index in [2.05, 4.69) is 10.6 Å². The molecule has 4 rings (SSSR count). The van der Waals surface area contributed by atoms with E-state index in [1.807, 2.05) is 30.3 Å². The highest BCUT2D eigenvalue weighted by molar-refractivity contribution is 7.89. The summed E-state index contributed by atoms with van der Waals surface area (Å²) >= 11 is 0. The van der Waals surface area contributed by atoms with Crippen LogP contribution in [0, 0.1) is 6.92 Å². The molecule has 2 amide bonds. The molecule has 1 atom stereocenters. The number of morpholine rings is 1. The molecule has 1 aliphatic rings. The van der Waals surface area contributed by atoms with Crippen molar-refractivity contribution in [2.45, 2.75) is 24.3 Å². The number of aryl methyl sites for hydroxylation is 1. The van der Waals surface area contributed by atoms with Gasteiger partial charge in [0.25, 0.3) is 5.91 Å². The molecule has 2 aromatic carbocycles. The van der Waals surface area contributed by atoms with Gasteiger partial charge in [0, 0.05) is 25.2 Å². The predicted octanol–water partition coefficient (Wildman–Crippen LogP) is 2.59. The smallest absolute Gasteiger partial charge is 0.287 e. The standard InChI is InChI=1S/C25H27N3O6S/c1-18-9-10-20(17-23(18)35(31,32)28-11-14-33-15-12-28)26-24(29)21(16-19-6-3-2-4-7-19)27-25(30)22-8-5-13-34-22/h2-10,13,17,21H,11-12,14-16H2,1H3,(H,26,29)(H,27,30)/t21-/m1/s1. The van der Waals surface area contributed by atoms with Crippen LogP contribution in [0.5, 0.6) is 0 Å². The highest BCUT2D eigenvalue weighted by Gasteiger charge is 2.29. The molecule has 2 N–H and O–H groups in total. The Labute approximate surface area is 204 Å². The van der Waals surface area contributed by atoms with E-state index in [0.29, 0.717) is 24.5 Å². The van der Waals surface area contributed by atoms with Crippen molar-refractivity contribution in [1.82, 2.24) is 9.62 Å². The number of anilines is 1. The van der Waals surface area contributed by atoms with Crippen molar-refractivity contribution in [3.8, 4) is 0 Å². The molecule has 10 heteroatoms. The molecule has 0 unspecified atom stereocenters. The second-order valence-corrected chi connectivity index (χ2v) is 10.1. The van der Waals surface area contributed by atoms with Crippen molar-refractivity contribution in [2.75, 3.05) is 31.6 Å². The van der Waals surface area contributed by atoms with Gasteiger partial charge in [0.2, 0.25) is 15.9 Å². The minimum absolute atomic E-state index is 0.0880. The van der Waals surface area contributed by atoms with Crippen LogP contribution < -0.4 is 10.6 Å². The number of nitrogens with one attached hydrogen (secondary N) is 2. The Balaban J connectivity index is 1.56. The van der Waals surface area contributed by atoms with Crippen LogP contribution >= 0.6 is 0 Å². The molecule has 1 saturated heterocycles. The van der Waals surface area contributed by atoms with E-state index in [-0.39, 0.29) is 30.2 Å². The van der Waals surface area contributed by atoms with E-state index in [0.717, 1.165) is 5.56 Å². The molecule has 1 aliphatic heterocycles. The minimum Gasteiger partial charge on any atom is -0.459 e. The summed E-state index contributed by atoms with van der Waals surface area (Å²) in [5.74, 6) is -0.914. The Morgan fingerprint density at radius 1 is 1.03 bits per heavy atom. The summed E-state index contributed by atoms with van der Waals surface area (Å²) in [5, 5.41) is 5.47.